The zero-order valence-corrected chi connectivity index (χ0v) is 19.3. The fourth-order valence-corrected chi connectivity index (χ4v) is 4.18. The summed E-state index contributed by atoms with van der Waals surface area (Å²) >= 11 is 0. The molecule has 3 aromatic heterocycles. The third-order valence-electron chi connectivity index (χ3n) is 6.11. The monoisotopic (exact) mass is 429 g/mol. The Morgan fingerprint density at radius 2 is 1.91 bits per heavy atom. The van der Waals surface area contributed by atoms with Gasteiger partial charge in [-0.05, 0) is 57.0 Å². The first-order chi connectivity index (χ1) is 15.3. The van der Waals surface area contributed by atoms with E-state index in [1.54, 1.807) is 7.11 Å². The van der Waals surface area contributed by atoms with Crippen molar-refractivity contribution in [1.29, 1.82) is 0 Å². The van der Waals surface area contributed by atoms with Gasteiger partial charge < -0.3 is 15.0 Å². The van der Waals surface area contributed by atoms with Crippen molar-refractivity contribution < 1.29 is 9.53 Å². The summed E-state index contributed by atoms with van der Waals surface area (Å²) in [7, 11) is 3.56. The second-order valence-electron chi connectivity index (χ2n) is 7.96. The van der Waals surface area contributed by atoms with Crippen LogP contribution < -0.4 is 10.1 Å². The molecule has 2 N–H and O–H groups in total. The SMILES string of the molecule is C=CC(=O)Nc1cc(-c2c(C)[nH]c3ncc(-c4cnn(C)c4C)c(C)c23)cc(OC)c1C. The van der Waals surface area contributed by atoms with Crippen LogP contribution >= 0.6 is 0 Å². The number of rotatable bonds is 5. The summed E-state index contributed by atoms with van der Waals surface area (Å²) in [4.78, 5) is 20.1. The molecule has 4 aromatic rings. The molecule has 0 saturated heterocycles. The molecular weight excluding hydrogens is 402 g/mol. The van der Waals surface area contributed by atoms with Gasteiger partial charge in [-0.25, -0.2) is 4.98 Å². The van der Waals surface area contributed by atoms with Gasteiger partial charge in [0.25, 0.3) is 0 Å². The second kappa shape index (κ2) is 8.00. The molecule has 32 heavy (non-hydrogen) atoms. The summed E-state index contributed by atoms with van der Waals surface area (Å²) in [5.74, 6) is 0.427. The highest BCUT2D eigenvalue weighted by Gasteiger charge is 2.20. The predicted molar refractivity (Wildman–Crippen MR) is 128 cm³/mol. The number of aryl methyl sites for hydroxylation is 3. The molecule has 7 nitrogen and oxygen atoms in total. The number of fused-ring (bicyclic) bond motifs is 1. The predicted octanol–water partition coefficient (Wildman–Crippen LogP) is 5.00. The molecule has 0 saturated carbocycles. The van der Waals surface area contributed by atoms with E-state index < -0.39 is 0 Å². The van der Waals surface area contributed by atoms with Gasteiger partial charge in [0, 0.05) is 58.0 Å². The first-order valence-corrected chi connectivity index (χ1v) is 10.4. The molecule has 3 heterocycles. The molecule has 0 aliphatic heterocycles. The van der Waals surface area contributed by atoms with Crippen LogP contribution in [-0.2, 0) is 11.8 Å². The standard InChI is InChI=1S/C25H27N5O2/c1-8-22(31)29-20-9-17(10-21(32-7)14(20)3)24-15(4)28-25-23(24)13(2)18(11-26-25)19-12-27-30(6)16(19)5/h8-12H,1H2,2-7H3,(H,26,28)(H,29,31). The highest BCUT2D eigenvalue weighted by Crippen LogP contribution is 2.41. The number of pyridine rings is 1. The van der Waals surface area contributed by atoms with Crippen LogP contribution in [0.25, 0.3) is 33.3 Å². The largest absolute Gasteiger partial charge is 0.496 e. The number of aromatic amines is 1. The van der Waals surface area contributed by atoms with Crippen molar-refractivity contribution in [2.45, 2.75) is 27.7 Å². The number of carbonyl (C=O) groups is 1. The number of methoxy groups -OCH3 is 1. The van der Waals surface area contributed by atoms with Gasteiger partial charge in [0.15, 0.2) is 0 Å². The van der Waals surface area contributed by atoms with Gasteiger partial charge in [-0.3, -0.25) is 9.48 Å². The van der Waals surface area contributed by atoms with Gasteiger partial charge in [-0.1, -0.05) is 6.58 Å². The highest BCUT2D eigenvalue weighted by atomic mass is 16.5. The number of H-pyrrole nitrogens is 1. The molecule has 0 fully saturated rings. The molecule has 7 heteroatoms. The number of anilines is 1. The first-order valence-electron chi connectivity index (χ1n) is 10.4. The zero-order valence-electron chi connectivity index (χ0n) is 19.3. The first kappa shape index (κ1) is 21.4. The van der Waals surface area contributed by atoms with E-state index in [4.69, 9.17) is 9.72 Å². The fraction of sp³-hybridized carbons (Fsp3) is 0.240. The lowest BCUT2D eigenvalue weighted by atomic mass is 9.94. The number of hydrogen-bond acceptors (Lipinski definition) is 4. The summed E-state index contributed by atoms with van der Waals surface area (Å²) < 4.78 is 7.48. The molecule has 0 atom stereocenters. The molecular formula is C25H27N5O2. The molecule has 1 aromatic carbocycles. The lowest BCUT2D eigenvalue weighted by molar-refractivity contribution is -0.111. The number of hydrogen-bond donors (Lipinski definition) is 2. The van der Waals surface area contributed by atoms with E-state index in [2.05, 4.69) is 35.8 Å². The van der Waals surface area contributed by atoms with E-state index >= 15 is 0 Å². The maximum atomic E-state index is 12.0. The lowest BCUT2D eigenvalue weighted by Crippen LogP contribution is -2.09. The van der Waals surface area contributed by atoms with E-state index in [-0.39, 0.29) is 5.91 Å². The Morgan fingerprint density at radius 3 is 2.53 bits per heavy atom. The van der Waals surface area contributed by atoms with Crippen molar-refractivity contribution in [3.8, 4) is 28.0 Å². The summed E-state index contributed by atoms with van der Waals surface area (Å²) in [6.07, 6.45) is 5.03. The Hall–Kier alpha value is -3.87. The van der Waals surface area contributed by atoms with Crippen molar-refractivity contribution >= 4 is 22.6 Å². The van der Waals surface area contributed by atoms with Gasteiger partial charge in [0.05, 0.1) is 13.3 Å². The molecule has 0 aliphatic rings. The number of ether oxygens (including phenoxy) is 1. The Bertz CT molecular complexity index is 1380. The number of nitrogens with one attached hydrogen (secondary N) is 2. The van der Waals surface area contributed by atoms with Gasteiger partial charge in [0.1, 0.15) is 11.4 Å². The fourth-order valence-electron chi connectivity index (χ4n) is 4.18. The quantitative estimate of drug-likeness (QED) is 0.437. The van der Waals surface area contributed by atoms with Crippen molar-refractivity contribution in [1.82, 2.24) is 19.7 Å². The number of carbonyl (C=O) groups excluding carboxylic acids is 1. The average Bonchev–Trinajstić information content (AvgIpc) is 3.29. The third-order valence-corrected chi connectivity index (χ3v) is 6.11. The molecule has 0 radical (unpaired) electrons. The van der Waals surface area contributed by atoms with Crippen LogP contribution in [0.3, 0.4) is 0 Å². The van der Waals surface area contributed by atoms with Crippen molar-refractivity contribution in [2.75, 3.05) is 12.4 Å². The van der Waals surface area contributed by atoms with Gasteiger partial charge in [-0.15, -0.1) is 0 Å². The Morgan fingerprint density at radius 1 is 1.16 bits per heavy atom. The van der Waals surface area contributed by atoms with Crippen LogP contribution in [0.1, 0.15) is 22.5 Å². The minimum absolute atomic E-state index is 0.268. The van der Waals surface area contributed by atoms with Gasteiger partial charge in [-0.2, -0.15) is 5.10 Å². The van der Waals surface area contributed by atoms with E-state index in [1.165, 1.54) is 6.08 Å². The van der Waals surface area contributed by atoms with Gasteiger partial charge in [0.2, 0.25) is 5.91 Å². The van der Waals surface area contributed by atoms with E-state index in [0.717, 1.165) is 55.8 Å². The van der Waals surface area contributed by atoms with Crippen LogP contribution in [0.15, 0.2) is 37.2 Å². The van der Waals surface area contributed by atoms with E-state index in [0.29, 0.717) is 11.4 Å². The molecule has 0 unspecified atom stereocenters. The number of amides is 1. The molecule has 4 rings (SSSR count). The molecule has 164 valence electrons. The van der Waals surface area contributed by atoms with Gasteiger partial charge >= 0.3 is 0 Å². The summed E-state index contributed by atoms with van der Waals surface area (Å²) in [6, 6.07) is 3.96. The molecule has 0 aliphatic carbocycles. The number of nitrogens with zero attached hydrogens (tertiary/aromatic N) is 3. The topological polar surface area (TPSA) is 84.8 Å². The van der Waals surface area contributed by atoms with Crippen LogP contribution in [0.4, 0.5) is 5.69 Å². The smallest absolute Gasteiger partial charge is 0.247 e. The average molecular weight is 430 g/mol. The van der Waals surface area contributed by atoms with Crippen molar-refractivity contribution in [3.05, 3.63) is 59.7 Å². The van der Waals surface area contributed by atoms with Crippen LogP contribution in [-0.4, -0.2) is 32.8 Å². The van der Waals surface area contributed by atoms with E-state index in [9.17, 15) is 4.79 Å². The molecule has 0 bridgehead atoms. The van der Waals surface area contributed by atoms with Crippen LogP contribution in [0.2, 0.25) is 0 Å². The maximum absolute atomic E-state index is 12.0. The Kier molecular flexibility index (Phi) is 5.34. The van der Waals surface area contributed by atoms with E-state index in [1.807, 2.05) is 50.1 Å². The second-order valence-corrected chi connectivity index (χ2v) is 7.96. The lowest BCUT2D eigenvalue weighted by Gasteiger charge is -2.15. The number of benzene rings is 1. The number of aromatic nitrogens is 4. The van der Waals surface area contributed by atoms with Crippen molar-refractivity contribution in [3.63, 3.8) is 0 Å². The third kappa shape index (κ3) is 3.36. The molecule has 1 amide bonds. The normalized spacial score (nSPS) is 11.1. The van der Waals surface area contributed by atoms with Crippen molar-refractivity contribution in [2.24, 2.45) is 7.05 Å². The zero-order chi connectivity index (χ0) is 23.2. The van der Waals surface area contributed by atoms with Crippen LogP contribution in [0, 0.1) is 27.7 Å². The molecule has 0 spiro atoms. The minimum Gasteiger partial charge on any atom is -0.496 e. The highest BCUT2D eigenvalue weighted by molar-refractivity contribution is 6.03. The minimum atomic E-state index is -0.268. The summed E-state index contributed by atoms with van der Waals surface area (Å²) in [5.41, 5.74) is 9.59. The Balaban J connectivity index is 1.99. The Labute approximate surface area is 187 Å². The summed E-state index contributed by atoms with van der Waals surface area (Å²) in [6.45, 7) is 11.7. The maximum Gasteiger partial charge on any atom is 0.247 e. The van der Waals surface area contributed by atoms with Crippen LogP contribution in [0.5, 0.6) is 5.75 Å². The summed E-state index contributed by atoms with van der Waals surface area (Å²) in [5, 5.41) is 8.33.